The van der Waals surface area contributed by atoms with E-state index in [-0.39, 0.29) is 6.09 Å². The second-order valence-corrected chi connectivity index (χ2v) is 4.50. The van der Waals surface area contributed by atoms with E-state index in [0.29, 0.717) is 19.1 Å². The second-order valence-electron chi connectivity index (χ2n) is 3.64. The van der Waals surface area contributed by atoms with Crippen LogP contribution in [0.5, 0.6) is 0 Å². The van der Waals surface area contributed by atoms with Crippen LogP contribution in [0.3, 0.4) is 0 Å². The van der Waals surface area contributed by atoms with Crippen molar-refractivity contribution in [2.75, 3.05) is 13.2 Å². The highest BCUT2D eigenvalue weighted by molar-refractivity contribution is 9.10. The lowest BCUT2D eigenvalue weighted by molar-refractivity contribution is 0.103. The molecule has 2 rings (SSSR count). The summed E-state index contributed by atoms with van der Waals surface area (Å²) >= 11 is 3.51. The molecule has 15 heavy (non-hydrogen) atoms. The lowest BCUT2D eigenvalue weighted by Crippen LogP contribution is -2.39. The molecule has 1 aromatic carbocycles. The first-order chi connectivity index (χ1) is 7.25. The fourth-order valence-corrected chi connectivity index (χ4v) is 2.08. The van der Waals surface area contributed by atoms with Gasteiger partial charge in [0.05, 0.1) is 6.61 Å². The molecule has 3 nitrogen and oxygen atoms in total. The normalized spacial score (nSPS) is 20.6. The molecule has 0 unspecified atom stereocenters. The number of benzene rings is 1. The van der Waals surface area contributed by atoms with E-state index in [9.17, 15) is 4.79 Å². The first kappa shape index (κ1) is 10.5. The Labute approximate surface area is 96.9 Å². The Morgan fingerprint density at radius 1 is 1.47 bits per heavy atom. The van der Waals surface area contributed by atoms with Crippen molar-refractivity contribution in [1.29, 1.82) is 0 Å². The molecule has 1 saturated heterocycles. The van der Waals surface area contributed by atoms with Crippen molar-refractivity contribution in [2.45, 2.75) is 6.42 Å². The van der Waals surface area contributed by atoms with Crippen LogP contribution in [0, 0.1) is 5.92 Å². The second kappa shape index (κ2) is 4.66. The average Bonchev–Trinajstić information content (AvgIpc) is 2.25. The van der Waals surface area contributed by atoms with Crippen LogP contribution in [0.4, 0.5) is 4.79 Å². The highest BCUT2D eigenvalue weighted by Gasteiger charge is 2.19. The number of amides is 1. The van der Waals surface area contributed by atoms with Gasteiger partial charge in [-0.15, -0.1) is 0 Å². The quantitative estimate of drug-likeness (QED) is 0.895. The van der Waals surface area contributed by atoms with E-state index >= 15 is 0 Å². The summed E-state index contributed by atoms with van der Waals surface area (Å²) in [4.78, 5) is 10.8. The van der Waals surface area contributed by atoms with Gasteiger partial charge in [0.15, 0.2) is 0 Å². The summed E-state index contributed by atoms with van der Waals surface area (Å²) in [5.74, 6) is 0.362. The third-order valence-corrected chi connectivity index (χ3v) is 3.23. The zero-order valence-electron chi connectivity index (χ0n) is 8.20. The van der Waals surface area contributed by atoms with E-state index in [4.69, 9.17) is 4.74 Å². The summed E-state index contributed by atoms with van der Waals surface area (Å²) in [7, 11) is 0. The zero-order valence-corrected chi connectivity index (χ0v) is 9.79. The van der Waals surface area contributed by atoms with E-state index in [0.717, 1.165) is 10.9 Å². The summed E-state index contributed by atoms with van der Waals surface area (Å²) in [5, 5.41) is 2.70. The minimum absolute atomic E-state index is 0.307. The summed E-state index contributed by atoms with van der Waals surface area (Å²) in [6, 6.07) is 8.12. The molecule has 1 aliphatic heterocycles. The molecule has 80 valence electrons. The number of rotatable bonds is 2. The standard InChI is InChI=1S/C11H12BrNO2/c12-10-4-2-1-3-9(10)5-8-6-13-11(14)15-7-8/h1-4,8H,5-7H2,(H,13,14)/t8-/m1/s1. The van der Waals surface area contributed by atoms with E-state index in [1.165, 1.54) is 5.56 Å². The number of alkyl carbamates (subject to hydrolysis) is 1. The van der Waals surface area contributed by atoms with Gasteiger partial charge in [-0.3, -0.25) is 0 Å². The number of hydrogen-bond donors (Lipinski definition) is 1. The van der Waals surface area contributed by atoms with E-state index < -0.39 is 0 Å². The third-order valence-electron chi connectivity index (χ3n) is 2.45. The van der Waals surface area contributed by atoms with Crippen molar-refractivity contribution in [2.24, 2.45) is 5.92 Å². The summed E-state index contributed by atoms with van der Waals surface area (Å²) in [6.45, 7) is 1.20. The number of carbonyl (C=O) groups is 1. The van der Waals surface area contributed by atoms with Gasteiger partial charge in [0.25, 0.3) is 0 Å². The largest absolute Gasteiger partial charge is 0.449 e. The Morgan fingerprint density at radius 3 is 2.93 bits per heavy atom. The molecule has 1 aliphatic rings. The Hall–Kier alpha value is -1.03. The molecule has 4 heteroatoms. The Kier molecular flexibility index (Phi) is 3.26. The predicted octanol–water partition coefficient (Wildman–Crippen LogP) is 2.35. The maximum atomic E-state index is 10.8. The Morgan fingerprint density at radius 2 is 2.27 bits per heavy atom. The minimum atomic E-state index is -0.307. The van der Waals surface area contributed by atoms with Crippen LogP contribution in [0.1, 0.15) is 5.56 Å². The number of carbonyl (C=O) groups excluding carboxylic acids is 1. The lowest BCUT2D eigenvalue weighted by atomic mass is 9.99. The highest BCUT2D eigenvalue weighted by atomic mass is 79.9. The molecule has 1 aromatic rings. The molecule has 0 saturated carbocycles. The van der Waals surface area contributed by atoms with Gasteiger partial charge >= 0.3 is 6.09 Å². The van der Waals surface area contributed by atoms with Crippen molar-refractivity contribution in [3.8, 4) is 0 Å². The number of ether oxygens (including phenoxy) is 1. The van der Waals surface area contributed by atoms with Crippen LogP contribution in [0.15, 0.2) is 28.7 Å². The van der Waals surface area contributed by atoms with Crippen molar-refractivity contribution in [3.63, 3.8) is 0 Å². The van der Waals surface area contributed by atoms with Crippen molar-refractivity contribution in [3.05, 3.63) is 34.3 Å². The molecule has 0 aromatic heterocycles. The monoisotopic (exact) mass is 269 g/mol. The molecule has 0 spiro atoms. The number of nitrogens with one attached hydrogen (secondary N) is 1. The van der Waals surface area contributed by atoms with E-state index in [2.05, 4.69) is 27.3 Å². The molecule has 0 bridgehead atoms. The van der Waals surface area contributed by atoms with Crippen molar-refractivity contribution in [1.82, 2.24) is 5.32 Å². The Balaban J connectivity index is 1.97. The fraction of sp³-hybridized carbons (Fsp3) is 0.364. The van der Waals surface area contributed by atoms with Gasteiger partial charge in [-0.05, 0) is 18.1 Å². The molecule has 1 atom stereocenters. The van der Waals surface area contributed by atoms with Gasteiger partial charge in [-0.1, -0.05) is 34.1 Å². The third kappa shape index (κ3) is 2.72. The molecule has 0 aliphatic carbocycles. The van der Waals surface area contributed by atoms with Crippen LogP contribution < -0.4 is 5.32 Å². The topological polar surface area (TPSA) is 38.3 Å². The lowest BCUT2D eigenvalue weighted by Gasteiger charge is -2.23. The van der Waals surface area contributed by atoms with Gasteiger partial charge in [0.1, 0.15) is 0 Å². The first-order valence-corrected chi connectivity index (χ1v) is 5.69. The van der Waals surface area contributed by atoms with Gasteiger partial charge < -0.3 is 10.1 Å². The van der Waals surface area contributed by atoms with Crippen LogP contribution in [-0.4, -0.2) is 19.2 Å². The van der Waals surface area contributed by atoms with Crippen molar-refractivity contribution < 1.29 is 9.53 Å². The summed E-state index contributed by atoms with van der Waals surface area (Å²) < 4.78 is 6.05. The molecular weight excluding hydrogens is 258 g/mol. The highest BCUT2D eigenvalue weighted by Crippen LogP contribution is 2.20. The van der Waals surface area contributed by atoms with Gasteiger partial charge in [-0.25, -0.2) is 4.79 Å². The first-order valence-electron chi connectivity index (χ1n) is 4.90. The van der Waals surface area contributed by atoms with Crippen molar-refractivity contribution >= 4 is 22.0 Å². The van der Waals surface area contributed by atoms with E-state index in [1.54, 1.807) is 0 Å². The number of hydrogen-bond acceptors (Lipinski definition) is 2. The Bertz CT molecular complexity index is 357. The molecule has 0 radical (unpaired) electrons. The maximum absolute atomic E-state index is 10.8. The van der Waals surface area contributed by atoms with E-state index in [1.807, 2.05) is 18.2 Å². The fourth-order valence-electron chi connectivity index (χ4n) is 1.64. The predicted molar refractivity (Wildman–Crippen MR) is 60.7 cm³/mol. The maximum Gasteiger partial charge on any atom is 0.407 e. The van der Waals surface area contributed by atoms with Crippen LogP contribution in [0.2, 0.25) is 0 Å². The summed E-state index contributed by atoms with van der Waals surface area (Å²) in [6.07, 6.45) is 0.611. The van der Waals surface area contributed by atoms with Gasteiger partial charge in [0.2, 0.25) is 0 Å². The molecular formula is C11H12BrNO2. The van der Waals surface area contributed by atoms with Crippen LogP contribution in [-0.2, 0) is 11.2 Å². The minimum Gasteiger partial charge on any atom is -0.449 e. The molecule has 1 fully saturated rings. The molecule has 1 amide bonds. The SMILES string of the molecule is O=C1NC[C@@H](Cc2ccccc2Br)CO1. The van der Waals surface area contributed by atoms with Gasteiger partial charge in [-0.2, -0.15) is 0 Å². The zero-order chi connectivity index (χ0) is 10.7. The summed E-state index contributed by atoms with van der Waals surface area (Å²) in [5.41, 5.74) is 1.25. The molecule has 1 N–H and O–H groups in total. The van der Waals surface area contributed by atoms with Crippen LogP contribution >= 0.6 is 15.9 Å². The number of halogens is 1. The van der Waals surface area contributed by atoms with Gasteiger partial charge in [0, 0.05) is 16.9 Å². The molecule has 1 heterocycles. The van der Waals surface area contributed by atoms with Crippen LogP contribution in [0.25, 0.3) is 0 Å². The number of cyclic esters (lactones) is 1. The smallest absolute Gasteiger partial charge is 0.407 e. The average molecular weight is 270 g/mol.